The van der Waals surface area contributed by atoms with E-state index >= 15 is 0 Å². The summed E-state index contributed by atoms with van der Waals surface area (Å²) in [6.07, 6.45) is 2.58. The minimum Gasteiger partial charge on any atom is -0.427 e. The van der Waals surface area contributed by atoms with E-state index in [1.54, 1.807) is 12.1 Å². The first-order chi connectivity index (χ1) is 8.56. The fourth-order valence-corrected chi connectivity index (χ4v) is 1.34. The van der Waals surface area contributed by atoms with Gasteiger partial charge >= 0.3 is 0 Å². The fourth-order valence-electron chi connectivity index (χ4n) is 1.34. The molecule has 0 bridgehead atoms. The molecule has 0 saturated heterocycles. The Bertz CT molecular complexity index is 646. The predicted octanol–water partition coefficient (Wildman–Crippen LogP) is 1.57. The van der Waals surface area contributed by atoms with Crippen molar-refractivity contribution in [3.8, 4) is 0 Å². The first-order valence-corrected chi connectivity index (χ1v) is 5.10. The van der Waals surface area contributed by atoms with Gasteiger partial charge in [0, 0.05) is 12.3 Å². The van der Waals surface area contributed by atoms with Gasteiger partial charge in [-0.25, -0.2) is 9.98 Å². The maximum absolute atomic E-state index is 10.5. The number of hydrogen-bond acceptors (Lipinski definition) is 5. The number of aromatic nitrogens is 2. The highest BCUT2D eigenvalue weighted by Crippen LogP contribution is 2.13. The van der Waals surface area contributed by atoms with Crippen molar-refractivity contribution in [3.05, 3.63) is 57.8 Å². The standard InChI is InChI=1S/C11H10N4O3/c1-8-4-5-14(16)11(6-8)13-10-3-2-9(7-12-10)15(17)18/h2-7,16H,1H3. The molecular formula is C11H10N4O3. The molecule has 2 rings (SSSR count). The zero-order valence-electron chi connectivity index (χ0n) is 9.52. The van der Waals surface area contributed by atoms with E-state index in [-0.39, 0.29) is 11.5 Å². The third kappa shape index (κ3) is 2.51. The van der Waals surface area contributed by atoms with Crippen LogP contribution in [0.15, 0.2) is 41.7 Å². The predicted molar refractivity (Wildman–Crippen MR) is 62.5 cm³/mol. The van der Waals surface area contributed by atoms with Crippen LogP contribution in [0.4, 0.5) is 11.5 Å². The lowest BCUT2D eigenvalue weighted by Gasteiger charge is -1.99. The SMILES string of the molecule is Cc1ccn(O)c(=Nc2ccc([N+](=O)[O-])cn2)c1. The number of pyridine rings is 2. The normalized spacial score (nSPS) is 11.5. The van der Waals surface area contributed by atoms with Gasteiger partial charge in [-0.3, -0.25) is 10.1 Å². The van der Waals surface area contributed by atoms with Gasteiger partial charge in [0.05, 0.1) is 4.92 Å². The number of nitrogens with zero attached hydrogens (tertiary/aromatic N) is 4. The number of nitro groups is 1. The summed E-state index contributed by atoms with van der Waals surface area (Å²) in [7, 11) is 0. The average molecular weight is 246 g/mol. The molecule has 0 aliphatic heterocycles. The minimum absolute atomic E-state index is 0.102. The fraction of sp³-hybridized carbons (Fsp3) is 0.0909. The molecule has 92 valence electrons. The Labute approximate surface area is 102 Å². The molecule has 0 fully saturated rings. The van der Waals surface area contributed by atoms with Gasteiger partial charge in [0.15, 0.2) is 11.3 Å². The topological polar surface area (TPSA) is 93.5 Å². The molecule has 0 aliphatic rings. The second-order valence-corrected chi connectivity index (χ2v) is 3.65. The molecule has 7 heteroatoms. The minimum atomic E-state index is -0.532. The van der Waals surface area contributed by atoms with Crippen molar-refractivity contribution in [1.29, 1.82) is 0 Å². The van der Waals surface area contributed by atoms with E-state index in [9.17, 15) is 15.3 Å². The summed E-state index contributed by atoms with van der Waals surface area (Å²) in [6, 6.07) is 6.12. The zero-order valence-corrected chi connectivity index (χ0v) is 9.52. The van der Waals surface area contributed by atoms with Crippen molar-refractivity contribution in [2.75, 3.05) is 0 Å². The van der Waals surface area contributed by atoms with E-state index in [0.717, 1.165) is 16.5 Å². The third-order valence-corrected chi connectivity index (χ3v) is 2.24. The van der Waals surface area contributed by atoms with E-state index in [1.165, 1.54) is 18.3 Å². The second-order valence-electron chi connectivity index (χ2n) is 3.65. The van der Waals surface area contributed by atoms with Crippen LogP contribution in [0.2, 0.25) is 0 Å². The Kier molecular flexibility index (Phi) is 3.05. The van der Waals surface area contributed by atoms with Gasteiger partial charge in [0.2, 0.25) is 0 Å². The Morgan fingerprint density at radius 1 is 1.44 bits per heavy atom. The van der Waals surface area contributed by atoms with Crippen molar-refractivity contribution in [1.82, 2.24) is 9.71 Å². The van der Waals surface area contributed by atoms with E-state index in [4.69, 9.17) is 0 Å². The lowest BCUT2D eigenvalue weighted by molar-refractivity contribution is -0.385. The molecule has 0 saturated carbocycles. The maximum atomic E-state index is 10.5. The van der Waals surface area contributed by atoms with Gasteiger partial charge in [0.25, 0.3) is 5.69 Å². The quantitative estimate of drug-likeness (QED) is 0.494. The lowest BCUT2D eigenvalue weighted by atomic mass is 10.3. The van der Waals surface area contributed by atoms with E-state index < -0.39 is 4.92 Å². The van der Waals surface area contributed by atoms with Crippen LogP contribution in [0.5, 0.6) is 0 Å². The van der Waals surface area contributed by atoms with Crippen LogP contribution in [0.1, 0.15) is 5.56 Å². The number of aryl methyl sites for hydroxylation is 1. The first kappa shape index (κ1) is 11.8. The van der Waals surface area contributed by atoms with Crippen molar-refractivity contribution >= 4 is 11.5 Å². The third-order valence-electron chi connectivity index (χ3n) is 2.24. The summed E-state index contributed by atoms with van der Waals surface area (Å²) in [5, 5.41) is 20.0. The second kappa shape index (κ2) is 4.66. The molecular weight excluding hydrogens is 236 g/mol. The van der Waals surface area contributed by atoms with Crippen LogP contribution in [-0.4, -0.2) is 19.8 Å². The van der Waals surface area contributed by atoms with Crippen LogP contribution in [-0.2, 0) is 0 Å². The van der Waals surface area contributed by atoms with Gasteiger partial charge < -0.3 is 5.21 Å². The van der Waals surface area contributed by atoms with Gasteiger partial charge in [-0.05, 0) is 30.7 Å². The van der Waals surface area contributed by atoms with Gasteiger partial charge in [-0.2, -0.15) is 4.73 Å². The van der Waals surface area contributed by atoms with Crippen LogP contribution in [0.3, 0.4) is 0 Å². The summed E-state index contributed by atoms with van der Waals surface area (Å²) >= 11 is 0. The average Bonchev–Trinajstić information content (AvgIpc) is 2.34. The van der Waals surface area contributed by atoms with Crippen molar-refractivity contribution in [2.45, 2.75) is 6.92 Å². The molecule has 0 atom stereocenters. The van der Waals surface area contributed by atoms with Crippen LogP contribution in [0.25, 0.3) is 0 Å². The van der Waals surface area contributed by atoms with Crippen molar-refractivity contribution in [2.24, 2.45) is 4.99 Å². The van der Waals surface area contributed by atoms with E-state index in [2.05, 4.69) is 9.98 Å². The number of hydrogen-bond donors (Lipinski definition) is 1. The highest BCUT2D eigenvalue weighted by Gasteiger charge is 2.04. The summed E-state index contributed by atoms with van der Waals surface area (Å²) in [5.74, 6) is 0.286. The maximum Gasteiger partial charge on any atom is 0.287 e. The first-order valence-electron chi connectivity index (χ1n) is 5.10. The summed E-state index contributed by atoms with van der Waals surface area (Å²) in [6.45, 7) is 1.86. The highest BCUT2D eigenvalue weighted by molar-refractivity contribution is 5.35. The molecule has 2 aromatic rings. The Hall–Kier alpha value is -2.70. The van der Waals surface area contributed by atoms with Crippen LogP contribution < -0.4 is 5.49 Å². The van der Waals surface area contributed by atoms with Crippen molar-refractivity contribution in [3.63, 3.8) is 0 Å². The van der Waals surface area contributed by atoms with Crippen molar-refractivity contribution < 1.29 is 10.1 Å². The molecule has 18 heavy (non-hydrogen) atoms. The Morgan fingerprint density at radius 3 is 2.83 bits per heavy atom. The molecule has 1 N–H and O–H groups in total. The molecule has 2 heterocycles. The van der Waals surface area contributed by atoms with Crippen LogP contribution >= 0.6 is 0 Å². The van der Waals surface area contributed by atoms with E-state index in [0.29, 0.717) is 5.49 Å². The molecule has 0 amide bonds. The molecule has 0 aromatic carbocycles. The van der Waals surface area contributed by atoms with E-state index in [1.807, 2.05) is 6.92 Å². The van der Waals surface area contributed by atoms with Crippen LogP contribution in [0, 0.1) is 17.0 Å². The lowest BCUT2D eigenvalue weighted by Crippen LogP contribution is -2.17. The smallest absolute Gasteiger partial charge is 0.287 e. The molecule has 2 aromatic heterocycles. The summed E-state index contributed by atoms with van der Waals surface area (Å²) < 4.78 is 0.857. The molecule has 0 aliphatic carbocycles. The largest absolute Gasteiger partial charge is 0.427 e. The van der Waals surface area contributed by atoms with Gasteiger partial charge in [-0.15, -0.1) is 0 Å². The molecule has 0 unspecified atom stereocenters. The monoisotopic (exact) mass is 246 g/mol. The molecule has 0 radical (unpaired) electrons. The Balaban J connectivity index is 2.44. The summed E-state index contributed by atoms with van der Waals surface area (Å²) in [4.78, 5) is 17.8. The highest BCUT2D eigenvalue weighted by atomic mass is 16.6. The molecule has 0 spiro atoms. The summed E-state index contributed by atoms with van der Waals surface area (Å²) in [5.41, 5.74) is 1.13. The number of rotatable bonds is 2. The zero-order chi connectivity index (χ0) is 13.1. The van der Waals surface area contributed by atoms with Gasteiger partial charge in [-0.1, -0.05) is 0 Å². The Morgan fingerprint density at radius 2 is 2.22 bits per heavy atom. The molecule has 7 nitrogen and oxygen atoms in total. The van der Waals surface area contributed by atoms with Gasteiger partial charge in [0.1, 0.15) is 6.20 Å².